The number of hydrogen-bond acceptors (Lipinski definition) is 1. The van der Waals surface area contributed by atoms with E-state index in [1.165, 1.54) is 16.3 Å². The maximum absolute atomic E-state index is 11.2. The summed E-state index contributed by atoms with van der Waals surface area (Å²) in [4.78, 5) is 11.2. The molecule has 0 saturated heterocycles. The summed E-state index contributed by atoms with van der Waals surface area (Å²) in [5.74, 6) is 0.244. The summed E-state index contributed by atoms with van der Waals surface area (Å²) in [6.07, 6.45) is 1.58. The van der Waals surface area contributed by atoms with Gasteiger partial charge in [-0.3, -0.25) is 4.79 Å². The molecule has 3 aromatic rings. The summed E-state index contributed by atoms with van der Waals surface area (Å²) in [6, 6.07) is 24.2. The van der Waals surface area contributed by atoms with Crippen molar-refractivity contribution in [2.24, 2.45) is 0 Å². The van der Waals surface area contributed by atoms with Gasteiger partial charge in [0.05, 0.1) is 0 Å². The Hall–Kier alpha value is -2.41. The van der Waals surface area contributed by atoms with Crippen LogP contribution in [0.1, 0.15) is 35.7 Å². The normalized spacial score (nSPS) is 9.91. The molecule has 1 nitrogen and oxygen atoms in total. The smallest absolute Gasteiger partial charge is 0.162 e. The first-order valence-electron chi connectivity index (χ1n) is 7.75. The van der Waals surface area contributed by atoms with Gasteiger partial charge in [0, 0.05) is 12.0 Å². The SMILES string of the molecule is CCCC(=O)c1ccccc1.Cc1cccc2ccccc12. The van der Waals surface area contributed by atoms with Crippen molar-refractivity contribution >= 4 is 16.6 Å². The second kappa shape index (κ2) is 8.14. The van der Waals surface area contributed by atoms with Gasteiger partial charge in [0.2, 0.25) is 0 Å². The fraction of sp³-hybridized carbons (Fsp3) is 0.190. The van der Waals surface area contributed by atoms with E-state index in [0.29, 0.717) is 6.42 Å². The van der Waals surface area contributed by atoms with Gasteiger partial charge >= 0.3 is 0 Å². The van der Waals surface area contributed by atoms with Crippen molar-refractivity contribution in [3.63, 3.8) is 0 Å². The van der Waals surface area contributed by atoms with Crippen LogP contribution in [-0.2, 0) is 0 Å². The van der Waals surface area contributed by atoms with Crippen LogP contribution in [0.5, 0.6) is 0 Å². The number of fused-ring (bicyclic) bond motifs is 1. The number of hydrogen-bond donors (Lipinski definition) is 0. The molecule has 0 unspecified atom stereocenters. The molecule has 0 saturated carbocycles. The average molecular weight is 290 g/mol. The molecule has 3 rings (SSSR count). The Kier molecular flexibility index (Phi) is 5.91. The molecule has 0 radical (unpaired) electrons. The van der Waals surface area contributed by atoms with Crippen LogP contribution in [0.4, 0.5) is 0 Å². The van der Waals surface area contributed by atoms with E-state index in [9.17, 15) is 4.79 Å². The first-order chi connectivity index (χ1) is 10.7. The minimum atomic E-state index is 0.244. The van der Waals surface area contributed by atoms with Gasteiger partial charge in [-0.05, 0) is 29.7 Å². The quantitative estimate of drug-likeness (QED) is 0.556. The lowest BCUT2D eigenvalue weighted by Crippen LogP contribution is -1.96. The second-order valence-electron chi connectivity index (χ2n) is 5.34. The number of rotatable bonds is 3. The largest absolute Gasteiger partial charge is 0.294 e. The molecule has 0 atom stereocenters. The molecule has 0 aliphatic heterocycles. The maximum atomic E-state index is 11.2. The lowest BCUT2D eigenvalue weighted by molar-refractivity contribution is 0.0982. The topological polar surface area (TPSA) is 17.1 Å². The van der Waals surface area contributed by atoms with Gasteiger partial charge < -0.3 is 0 Å². The summed E-state index contributed by atoms with van der Waals surface area (Å²) >= 11 is 0. The highest BCUT2D eigenvalue weighted by Crippen LogP contribution is 2.16. The Morgan fingerprint density at radius 3 is 2.14 bits per heavy atom. The second-order valence-corrected chi connectivity index (χ2v) is 5.34. The van der Waals surface area contributed by atoms with Gasteiger partial charge in [0.25, 0.3) is 0 Å². The van der Waals surface area contributed by atoms with Crippen molar-refractivity contribution in [3.8, 4) is 0 Å². The maximum Gasteiger partial charge on any atom is 0.162 e. The molecule has 0 heterocycles. The van der Waals surface area contributed by atoms with Crippen LogP contribution in [0.25, 0.3) is 10.8 Å². The van der Waals surface area contributed by atoms with E-state index in [0.717, 1.165) is 12.0 Å². The molecule has 0 aromatic heterocycles. The van der Waals surface area contributed by atoms with Crippen LogP contribution in [0.2, 0.25) is 0 Å². The molecule has 0 N–H and O–H groups in total. The minimum Gasteiger partial charge on any atom is -0.294 e. The van der Waals surface area contributed by atoms with Crippen molar-refractivity contribution in [2.75, 3.05) is 0 Å². The number of carbonyl (C=O) groups is 1. The molecule has 1 heteroatoms. The fourth-order valence-corrected chi connectivity index (χ4v) is 2.38. The van der Waals surface area contributed by atoms with Crippen LogP contribution in [-0.4, -0.2) is 5.78 Å². The van der Waals surface area contributed by atoms with E-state index in [-0.39, 0.29) is 5.78 Å². The van der Waals surface area contributed by atoms with E-state index in [1.54, 1.807) is 0 Å². The first kappa shape index (κ1) is 16.0. The summed E-state index contributed by atoms with van der Waals surface area (Å²) in [5, 5.41) is 2.68. The molecule has 0 spiro atoms. The third-order valence-corrected chi connectivity index (χ3v) is 3.58. The molecule has 0 aliphatic rings. The lowest BCUT2D eigenvalue weighted by Gasteiger charge is -1.98. The van der Waals surface area contributed by atoms with E-state index < -0.39 is 0 Å². The standard InChI is InChI=1S/C11H10.C10H12O/c1-9-5-4-7-10-6-2-3-8-11(9)10;1-2-6-10(11)9-7-4-3-5-8-9/h2-8H,1H3;3-5,7-8H,2,6H2,1H3. The molecular formula is C21H22O. The fourth-order valence-electron chi connectivity index (χ4n) is 2.38. The Balaban J connectivity index is 0.000000160. The zero-order valence-corrected chi connectivity index (χ0v) is 13.3. The van der Waals surface area contributed by atoms with Gasteiger partial charge in [-0.15, -0.1) is 0 Å². The molecule has 22 heavy (non-hydrogen) atoms. The van der Waals surface area contributed by atoms with Crippen LogP contribution in [0.15, 0.2) is 72.8 Å². The monoisotopic (exact) mass is 290 g/mol. The highest BCUT2D eigenvalue weighted by molar-refractivity contribution is 5.95. The predicted octanol–water partition coefficient (Wildman–Crippen LogP) is 5.82. The number of Topliss-reactive ketones (excluding diaryl/α,β-unsaturated/α-hetero) is 1. The first-order valence-corrected chi connectivity index (χ1v) is 7.75. The van der Waals surface area contributed by atoms with Gasteiger partial charge in [-0.1, -0.05) is 79.7 Å². The average Bonchev–Trinajstić information content (AvgIpc) is 2.57. The number of benzene rings is 3. The molecule has 0 fully saturated rings. The van der Waals surface area contributed by atoms with E-state index in [1.807, 2.05) is 37.3 Å². The van der Waals surface area contributed by atoms with Crippen LogP contribution in [0, 0.1) is 6.92 Å². The molecule has 0 aliphatic carbocycles. The molecule has 0 amide bonds. The molecular weight excluding hydrogens is 268 g/mol. The van der Waals surface area contributed by atoms with Gasteiger partial charge in [-0.2, -0.15) is 0 Å². The molecule has 0 bridgehead atoms. The predicted molar refractivity (Wildman–Crippen MR) is 94.4 cm³/mol. The summed E-state index contributed by atoms with van der Waals surface area (Å²) in [6.45, 7) is 4.16. The Labute approximate surface area is 132 Å². The molecule has 112 valence electrons. The summed E-state index contributed by atoms with van der Waals surface area (Å²) in [5.41, 5.74) is 2.18. The third kappa shape index (κ3) is 4.29. The van der Waals surface area contributed by atoms with Crippen molar-refractivity contribution < 1.29 is 4.79 Å². The zero-order valence-electron chi connectivity index (χ0n) is 13.3. The summed E-state index contributed by atoms with van der Waals surface area (Å²) in [7, 11) is 0. The van der Waals surface area contributed by atoms with Crippen LogP contribution >= 0.6 is 0 Å². The van der Waals surface area contributed by atoms with Crippen LogP contribution < -0.4 is 0 Å². The number of aryl methyl sites for hydroxylation is 1. The van der Waals surface area contributed by atoms with Crippen molar-refractivity contribution in [3.05, 3.63) is 83.9 Å². The van der Waals surface area contributed by atoms with Crippen molar-refractivity contribution in [1.82, 2.24) is 0 Å². The summed E-state index contributed by atoms with van der Waals surface area (Å²) < 4.78 is 0. The lowest BCUT2D eigenvalue weighted by atomic mass is 10.1. The number of carbonyl (C=O) groups excluding carboxylic acids is 1. The zero-order chi connectivity index (χ0) is 15.8. The van der Waals surface area contributed by atoms with Crippen molar-refractivity contribution in [2.45, 2.75) is 26.7 Å². The van der Waals surface area contributed by atoms with Gasteiger partial charge in [0.15, 0.2) is 5.78 Å². The van der Waals surface area contributed by atoms with E-state index >= 15 is 0 Å². The third-order valence-electron chi connectivity index (χ3n) is 3.58. The highest BCUT2D eigenvalue weighted by atomic mass is 16.1. The van der Waals surface area contributed by atoms with E-state index in [4.69, 9.17) is 0 Å². The van der Waals surface area contributed by atoms with Crippen LogP contribution in [0.3, 0.4) is 0 Å². The Bertz CT molecular complexity index is 724. The highest BCUT2D eigenvalue weighted by Gasteiger charge is 2.01. The van der Waals surface area contributed by atoms with Gasteiger partial charge in [-0.25, -0.2) is 0 Å². The Morgan fingerprint density at radius 2 is 1.45 bits per heavy atom. The minimum absolute atomic E-state index is 0.244. The van der Waals surface area contributed by atoms with Crippen molar-refractivity contribution in [1.29, 1.82) is 0 Å². The number of ketones is 1. The molecule has 3 aromatic carbocycles. The Morgan fingerprint density at radius 1 is 0.818 bits per heavy atom. The van der Waals surface area contributed by atoms with E-state index in [2.05, 4.69) is 49.4 Å². The van der Waals surface area contributed by atoms with Gasteiger partial charge in [0.1, 0.15) is 0 Å².